The molecule has 0 unspecified atom stereocenters. The van der Waals surface area contributed by atoms with E-state index in [9.17, 15) is 9.90 Å². The summed E-state index contributed by atoms with van der Waals surface area (Å²) in [7, 11) is 0. The van der Waals surface area contributed by atoms with Crippen molar-refractivity contribution in [1.29, 1.82) is 0 Å². The number of hydrogen-bond donors (Lipinski definition) is 1. The minimum Gasteiger partial charge on any atom is -0.481 e. The maximum atomic E-state index is 11.9. The van der Waals surface area contributed by atoms with Gasteiger partial charge in [-0.3, -0.25) is 9.63 Å². The molecule has 2 aliphatic heterocycles. The average Bonchev–Trinajstić information content (AvgIpc) is 3.37. The van der Waals surface area contributed by atoms with Crippen LogP contribution in [0.5, 0.6) is 0 Å². The topological polar surface area (TPSA) is 57.9 Å². The predicted octanol–water partition coefficient (Wildman–Crippen LogP) is 4.49. The van der Waals surface area contributed by atoms with Gasteiger partial charge in [0.05, 0.1) is 24.2 Å². The zero-order valence-corrected chi connectivity index (χ0v) is 19.4. The lowest BCUT2D eigenvalue weighted by molar-refractivity contribution is -0.136. The maximum absolute atomic E-state index is 11.9. The van der Waals surface area contributed by atoms with Crippen LogP contribution in [0.3, 0.4) is 0 Å². The van der Waals surface area contributed by atoms with E-state index in [1.165, 1.54) is 11.2 Å². The molecule has 0 aliphatic carbocycles. The Morgan fingerprint density at radius 1 is 1.19 bits per heavy atom. The van der Waals surface area contributed by atoms with E-state index in [0.29, 0.717) is 0 Å². The molecule has 6 heteroatoms. The third-order valence-electron chi connectivity index (χ3n) is 6.48. The normalized spacial score (nSPS) is 16.4. The number of allylic oxidation sites excluding steroid dienone is 4. The van der Waals surface area contributed by atoms with Crippen LogP contribution in [0.25, 0.3) is 16.5 Å². The molecule has 4 rings (SSSR count). The Hall–Kier alpha value is -2.83. The number of aliphatic carboxylic acids is 1. The first-order valence-corrected chi connectivity index (χ1v) is 11.3. The van der Waals surface area contributed by atoms with Crippen molar-refractivity contribution >= 4 is 28.1 Å². The van der Waals surface area contributed by atoms with E-state index in [-0.39, 0.29) is 6.42 Å². The molecule has 1 aromatic heterocycles. The fourth-order valence-electron chi connectivity index (χ4n) is 5.00. The lowest BCUT2D eigenvalue weighted by Gasteiger charge is -2.35. The summed E-state index contributed by atoms with van der Waals surface area (Å²) in [5.74, 6) is -0.832. The predicted molar refractivity (Wildman–Crippen MR) is 130 cm³/mol. The molecular weight excluding hydrogens is 402 g/mol. The van der Waals surface area contributed by atoms with Gasteiger partial charge < -0.3 is 14.6 Å². The van der Waals surface area contributed by atoms with Crippen LogP contribution in [0.1, 0.15) is 35.7 Å². The SMILES string of the molecule is C=C(C)/C=C\C(=C)c1c(CC(=O)O)c(C)c2c3c1cc(C)n3CCN2CCN1CCCO1. The van der Waals surface area contributed by atoms with Crippen LogP contribution >= 0.6 is 0 Å². The second-order valence-corrected chi connectivity index (χ2v) is 8.91. The molecule has 1 N–H and O–H groups in total. The van der Waals surface area contributed by atoms with Crippen LogP contribution in [-0.2, 0) is 22.6 Å². The van der Waals surface area contributed by atoms with Gasteiger partial charge in [0, 0.05) is 43.8 Å². The van der Waals surface area contributed by atoms with Crippen LogP contribution in [0.15, 0.2) is 36.9 Å². The second kappa shape index (κ2) is 8.96. The molecule has 170 valence electrons. The molecule has 1 fully saturated rings. The van der Waals surface area contributed by atoms with E-state index in [0.717, 1.165) is 84.7 Å². The number of rotatable bonds is 8. The van der Waals surface area contributed by atoms with Crippen molar-refractivity contribution in [3.63, 3.8) is 0 Å². The number of nitrogens with zero attached hydrogens (tertiary/aromatic N) is 3. The minimum atomic E-state index is -0.832. The van der Waals surface area contributed by atoms with Crippen molar-refractivity contribution in [3.8, 4) is 0 Å². The van der Waals surface area contributed by atoms with E-state index in [1.807, 2.05) is 24.1 Å². The van der Waals surface area contributed by atoms with Gasteiger partial charge >= 0.3 is 5.97 Å². The molecule has 0 bridgehead atoms. The Labute approximate surface area is 190 Å². The third-order valence-corrected chi connectivity index (χ3v) is 6.48. The van der Waals surface area contributed by atoms with Gasteiger partial charge in [0.1, 0.15) is 0 Å². The van der Waals surface area contributed by atoms with Crippen LogP contribution < -0.4 is 4.90 Å². The number of hydrogen-bond acceptors (Lipinski definition) is 4. The Kier molecular flexibility index (Phi) is 6.26. The highest BCUT2D eigenvalue weighted by Crippen LogP contribution is 2.43. The Morgan fingerprint density at radius 3 is 2.62 bits per heavy atom. The zero-order chi connectivity index (χ0) is 23.0. The van der Waals surface area contributed by atoms with Crippen LogP contribution in [-0.4, -0.2) is 53.5 Å². The molecular formula is C26H33N3O3. The van der Waals surface area contributed by atoms with Gasteiger partial charge in [-0.2, -0.15) is 5.06 Å². The highest BCUT2D eigenvalue weighted by atomic mass is 16.7. The number of benzene rings is 1. The second-order valence-electron chi connectivity index (χ2n) is 8.91. The van der Waals surface area contributed by atoms with Crippen molar-refractivity contribution in [2.75, 3.05) is 37.7 Å². The highest BCUT2D eigenvalue weighted by Gasteiger charge is 2.29. The van der Waals surface area contributed by atoms with Gasteiger partial charge in [0.2, 0.25) is 0 Å². The van der Waals surface area contributed by atoms with Gasteiger partial charge in [-0.25, -0.2) is 0 Å². The summed E-state index contributed by atoms with van der Waals surface area (Å²) in [6.07, 6.45) is 4.92. The summed E-state index contributed by atoms with van der Waals surface area (Å²) in [5, 5.41) is 12.9. The first kappa shape index (κ1) is 22.4. The highest BCUT2D eigenvalue weighted by molar-refractivity contribution is 6.05. The molecule has 0 atom stereocenters. The van der Waals surface area contributed by atoms with Crippen LogP contribution in [0, 0.1) is 13.8 Å². The number of hydroxylamine groups is 2. The number of carboxylic acid groups (broad SMARTS) is 1. The Morgan fingerprint density at radius 2 is 1.97 bits per heavy atom. The monoisotopic (exact) mass is 435 g/mol. The molecule has 0 spiro atoms. The number of anilines is 1. The first-order chi connectivity index (χ1) is 15.3. The lowest BCUT2D eigenvalue weighted by atomic mass is 9.88. The number of aromatic nitrogens is 1. The molecule has 0 radical (unpaired) electrons. The maximum Gasteiger partial charge on any atom is 0.307 e. The van der Waals surface area contributed by atoms with Gasteiger partial charge in [-0.1, -0.05) is 30.9 Å². The first-order valence-electron chi connectivity index (χ1n) is 11.3. The van der Waals surface area contributed by atoms with E-state index in [1.54, 1.807) is 0 Å². The molecule has 2 aromatic rings. The quantitative estimate of drug-likeness (QED) is 0.619. The van der Waals surface area contributed by atoms with E-state index < -0.39 is 5.97 Å². The van der Waals surface area contributed by atoms with Crippen molar-refractivity contribution in [2.45, 2.75) is 40.2 Å². The van der Waals surface area contributed by atoms with Crippen LogP contribution in [0.4, 0.5) is 5.69 Å². The van der Waals surface area contributed by atoms with Gasteiger partial charge in [-0.15, -0.1) is 0 Å². The lowest BCUT2D eigenvalue weighted by Crippen LogP contribution is -2.38. The summed E-state index contributed by atoms with van der Waals surface area (Å²) >= 11 is 0. The summed E-state index contributed by atoms with van der Waals surface area (Å²) < 4.78 is 2.37. The Bertz CT molecular complexity index is 1120. The van der Waals surface area contributed by atoms with Gasteiger partial charge in [0.25, 0.3) is 0 Å². The summed E-state index contributed by atoms with van der Waals surface area (Å²) in [4.78, 5) is 20.0. The van der Waals surface area contributed by atoms with Crippen molar-refractivity contribution in [2.24, 2.45) is 0 Å². The number of carboxylic acids is 1. The number of aryl methyl sites for hydroxylation is 1. The van der Waals surface area contributed by atoms with Crippen LogP contribution in [0.2, 0.25) is 0 Å². The average molecular weight is 436 g/mol. The summed E-state index contributed by atoms with van der Waals surface area (Å²) in [6, 6.07) is 2.19. The standard InChI is InChI=1S/C26H33N3O3/c1-17(2)7-8-18(3)24-21(16-23(30)31)20(5)25-26-22(24)15-19(4)29(26)13-11-27(25)10-12-28-9-6-14-32-28/h7-8,15H,1,3,6,9-14,16H2,2,4-5H3,(H,30,31)/b8-7-. The number of carbonyl (C=O) groups is 1. The smallest absolute Gasteiger partial charge is 0.307 e. The molecule has 32 heavy (non-hydrogen) atoms. The molecule has 1 aromatic carbocycles. The van der Waals surface area contributed by atoms with Crippen molar-refractivity contribution in [3.05, 3.63) is 59.3 Å². The summed E-state index contributed by atoms with van der Waals surface area (Å²) in [6.45, 7) is 19.6. The third kappa shape index (κ3) is 4.12. The van der Waals surface area contributed by atoms with Crippen molar-refractivity contribution < 1.29 is 14.7 Å². The van der Waals surface area contributed by atoms with E-state index >= 15 is 0 Å². The largest absolute Gasteiger partial charge is 0.481 e. The molecule has 0 amide bonds. The molecule has 0 saturated carbocycles. The zero-order valence-electron chi connectivity index (χ0n) is 19.4. The molecule has 3 heterocycles. The van der Waals surface area contributed by atoms with Gasteiger partial charge in [-0.05, 0) is 55.5 Å². The van der Waals surface area contributed by atoms with E-state index in [4.69, 9.17) is 4.84 Å². The molecule has 6 nitrogen and oxygen atoms in total. The fourth-order valence-corrected chi connectivity index (χ4v) is 5.00. The summed E-state index contributed by atoms with van der Waals surface area (Å²) in [5.41, 5.74) is 8.08. The van der Waals surface area contributed by atoms with E-state index in [2.05, 4.69) is 42.5 Å². The fraction of sp³-hybridized carbons (Fsp3) is 0.423. The van der Waals surface area contributed by atoms with Gasteiger partial charge in [0.15, 0.2) is 0 Å². The molecule has 1 saturated heterocycles. The van der Waals surface area contributed by atoms with Crippen molar-refractivity contribution in [1.82, 2.24) is 9.63 Å². The molecule has 2 aliphatic rings. The Balaban J connectivity index is 1.87. The minimum absolute atomic E-state index is 0.0304.